The molecule has 0 spiro atoms. The Labute approximate surface area is 98.2 Å². The highest BCUT2D eigenvalue weighted by molar-refractivity contribution is 14.1. The molecule has 0 radical (unpaired) electrons. The Bertz CT molecular complexity index is 321. The van der Waals surface area contributed by atoms with Crippen molar-refractivity contribution >= 4 is 22.6 Å². The first-order valence-corrected chi connectivity index (χ1v) is 5.93. The fraction of sp³-hybridized carbons (Fsp3) is 0.455. The summed E-state index contributed by atoms with van der Waals surface area (Å²) in [5.74, 6) is 1.64. The zero-order valence-electron chi connectivity index (χ0n) is 8.22. The van der Waals surface area contributed by atoms with Crippen LogP contribution in [-0.2, 0) is 0 Å². The molecule has 1 heterocycles. The van der Waals surface area contributed by atoms with Gasteiger partial charge >= 0.3 is 0 Å². The molecule has 0 aliphatic carbocycles. The minimum Gasteiger partial charge on any atom is -0.497 e. The number of rotatable bonds is 2. The first-order chi connectivity index (χ1) is 6.81. The number of ether oxygens (including phenoxy) is 1. The molecule has 0 saturated carbocycles. The van der Waals surface area contributed by atoms with Gasteiger partial charge in [-0.25, -0.2) is 0 Å². The van der Waals surface area contributed by atoms with Crippen LogP contribution < -0.4 is 10.1 Å². The molecular weight excluding hydrogens is 289 g/mol. The van der Waals surface area contributed by atoms with Crippen molar-refractivity contribution in [3.05, 3.63) is 27.3 Å². The number of halogens is 1. The summed E-state index contributed by atoms with van der Waals surface area (Å²) in [6, 6.07) is 6.35. The molecular formula is C11H14INO. The van der Waals surface area contributed by atoms with Crippen molar-refractivity contribution < 1.29 is 4.74 Å². The summed E-state index contributed by atoms with van der Waals surface area (Å²) in [7, 11) is 1.71. The van der Waals surface area contributed by atoms with Gasteiger partial charge in [0.15, 0.2) is 0 Å². The number of hydrogen-bond donors (Lipinski definition) is 1. The molecule has 0 bridgehead atoms. The standard InChI is InChI=1S/C11H14INO/c1-14-9-2-3-10(11(12)6-9)8-4-5-13-7-8/h2-3,6,8,13H,4-5,7H2,1H3/t8-/m0/s1. The fourth-order valence-corrected chi connectivity index (χ4v) is 2.81. The molecule has 76 valence electrons. The van der Waals surface area contributed by atoms with Gasteiger partial charge in [-0.15, -0.1) is 0 Å². The van der Waals surface area contributed by atoms with E-state index < -0.39 is 0 Å². The van der Waals surface area contributed by atoms with Crippen LogP contribution in [0.1, 0.15) is 17.9 Å². The molecule has 0 unspecified atom stereocenters. The maximum Gasteiger partial charge on any atom is 0.119 e. The summed E-state index contributed by atoms with van der Waals surface area (Å²) >= 11 is 2.39. The average molecular weight is 303 g/mol. The summed E-state index contributed by atoms with van der Waals surface area (Å²) in [6.07, 6.45) is 1.25. The maximum absolute atomic E-state index is 5.19. The van der Waals surface area contributed by atoms with E-state index in [0.29, 0.717) is 5.92 Å². The largest absolute Gasteiger partial charge is 0.497 e. The van der Waals surface area contributed by atoms with E-state index in [9.17, 15) is 0 Å². The van der Waals surface area contributed by atoms with Crippen molar-refractivity contribution in [1.29, 1.82) is 0 Å². The lowest BCUT2D eigenvalue weighted by Crippen LogP contribution is -2.08. The number of methoxy groups -OCH3 is 1. The van der Waals surface area contributed by atoms with Crippen molar-refractivity contribution in [2.24, 2.45) is 0 Å². The second kappa shape index (κ2) is 4.49. The van der Waals surface area contributed by atoms with Gasteiger partial charge in [0.05, 0.1) is 7.11 Å². The highest BCUT2D eigenvalue weighted by Gasteiger charge is 2.18. The first-order valence-electron chi connectivity index (χ1n) is 4.85. The Morgan fingerprint density at radius 2 is 2.36 bits per heavy atom. The van der Waals surface area contributed by atoms with Crippen LogP contribution in [0.2, 0.25) is 0 Å². The van der Waals surface area contributed by atoms with Crippen molar-refractivity contribution in [3.8, 4) is 5.75 Å². The van der Waals surface area contributed by atoms with Crippen LogP contribution in [0.4, 0.5) is 0 Å². The predicted octanol–water partition coefficient (Wildman–Crippen LogP) is 2.38. The van der Waals surface area contributed by atoms with Crippen LogP contribution in [0.15, 0.2) is 18.2 Å². The van der Waals surface area contributed by atoms with Gasteiger partial charge < -0.3 is 10.1 Å². The van der Waals surface area contributed by atoms with E-state index in [-0.39, 0.29) is 0 Å². The highest BCUT2D eigenvalue weighted by Crippen LogP contribution is 2.29. The average Bonchev–Trinajstić information content (AvgIpc) is 2.70. The normalized spacial score (nSPS) is 21.1. The van der Waals surface area contributed by atoms with E-state index in [1.807, 2.05) is 0 Å². The third kappa shape index (κ3) is 2.03. The quantitative estimate of drug-likeness (QED) is 0.847. The van der Waals surface area contributed by atoms with E-state index in [1.165, 1.54) is 15.6 Å². The monoisotopic (exact) mass is 303 g/mol. The minimum absolute atomic E-state index is 0.688. The number of nitrogens with one attached hydrogen (secondary N) is 1. The number of benzene rings is 1. The molecule has 2 nitrogen and oxygen atoms in total. The molecule has 1 aromatic carbocycles. The second-order valence-corrected chi connectivity index (χ2v) is 4.74. The summed E-state index contributed by atoms with van der Waals surface area (Å²) < 4.78 is 6.51. The molecule has 1 saturated heterocycles. The molecule has 3 heteroatoms. The van der Waals surface area contributed by atoms with Gasteiger partial charge in [0.1, 0.15) is 5.75 Å². The Hall–Kier alpha value is -0.290. The molecule has 1 aliphatic rings. The molecule has 1 fully saturated rings. The van der Waals surface area contributed by atoms with Crippen LogP contribution in [0.25, 0.3) is 0 Å². The smallest absolute Gasteiger partial charge is 0.119 e. The van der Waals surface area contributed by atoms with Gasteiger partial charge in [0.25, 0.3) is 0 Å². The van der Waals surface area contributed by atoms with Gasteiger partial charge in [-0.05, 0) is 59.2 Å². The van der Waals surface area contributed by atoms with Crippen LogP contribution in [0.3, 0.4) is 0 Å². The lowest BCUT2D eigenvalue weighted by atomic mass is 9.98. The van der Waals surface area contributed by atoms with Gasteiger partial charge in [0.2, 0.25) is 0 Å². The second-order valence-electron chi connectivity index (χ2n) is 3.58. The van der Waals surface area contributed by atoms with E-state index >= 15 is 0 Å². The zero-order valence-corrected chi connectivity index (χ0v) is 10.4. The van der Waals surface area contributed by atoms with Gasteiger partial charge in [-0.3, -0.25) is 0 Å². The minimum atomic E-state index is 0.688. The Balaban J connectivity index is 2.25. The van der Waals surface area contributed by atoms with Crippen LogP contribution in [0.5, 0.6) is 5.75 Å². The topological polar surface area (TPSA) is 21.3 Å². The summed E-state index contributed by atoms with van der Waals surface area (Å²) in [5, 5.41) is 3.39. The van der Waals surface area contributed by atoms with E-state index in [0.717, 1.165) is 18.8 Å². The van der Waals surface area contributed by atoms with Crippen molar-refractivity contribution in [1.82, 2.24) is 5.32 Å². The van der Waals surface area contributed by atoms with Crippen molar-refractivity contribution in [2.75, 3.05) is 20.2 Å². The summed E-state index contributed by atoms with van der Waals surface area (Å²) in [4.78, 5) is 0. The molecule has 1 atom stereocenters. The Morgan fingerprint density at radius 1 is 1.50 bits per heavy atom. The van der Waals surface area contributed by atoms with E-state index in [1.54, 1.807) is 7.11 Å². The van der Waals surface area contributed by atoms with E-state index in [2.05, 4.69) is 46.1 Å². The third-order valence-electron chi connectivity index (χ3n) is 2.71. The third-order valence-corrected chi connectivity index (χ3v) is 3.64. The van der Waals surface area contributed by atoms with Gasteiger partial charge in [-0.1, -0.05) is 6.07 Å². The molecule has 0 aromatic heterocycles. The predicted molar refractivity (Wildman–Crippen MR) is 65.9 cm³/mol. The molecule has 14 heavy (non-hydrogen) atoms. The molecule has 0 amide bonds. The van der Waals surface area contributed by atoms with E-state index in [4.69, 9.17) is 4.74 Å². The number of hydrogen-bond acceptors (Lipinski definition) is 2. The van der Waals surface area contributed by atoms with Gasteiger partial charge in [0, 0.05) is 10.1 Å². The van der Waals surface area contributed by atoms with Crippen molar-refractivity contribution in [2.45, 2.75) is 12.3 Å². The maximum atomic E-state index is 5.19. The summed E-state index contributed by atoms with van der Waals surface area (Å²) in [5.41, 5.74) is 1.46. The molecule has 1 N–H and O–H groups in total. The molecule has 2 rings (SSSR count). The summed E-state index contributed by atoms with van der Waals surface area (Å²) in [6.45, 7) is 2.26. The lowest BCUT2D eigenvalue weighted by Gasteiger charge is -2.12. The SMILES string of the molecule is COc1ccc([C@H]2CCNC2)c(I)c1. The fourth-order valence-electron chi connectivity index (χ4n) is 1.89. The van der Waals surface area contributed by atoms with Crippen molar-refractivity contribution in [3.63, 3.8) is 0 Å². The van der Waals surface area contributed by atoms with Gasteiger partial charge in [-0.2, -0.15) is 0 Å². The highest BCUT2D eigenvalue weighted by atomic mass is 127. The van der Waals surface area contributed by atoms with Crippen LogP contribution in [-0.4, -0.2) is 20.2 Å². The van der Waals surface area contributed by atoms with Crippen LogP contribution >= 0.6 is 22.6 Å². The zero-order chi connectivity index (χ0) is 9.97. The Kier molecular flexibility index (Phi) is 3.28. The molecule has 1 aliphatic heterocycles. The lowest BCUT2D eigenvalue weighted by molar-refractivity contribution is 0.414. The van der Waals surface area contributed by atoms with Crippen LogP contribution in [0, 0.1) is 3.57 Å². The molecule has 1 aromatic rings. The first kappa shape index (κ1) is 10.2. The Morgan fingerprint density at radius 3 is 2.93 bits per heavy atom.